The molecule has 0 aliphatic carbocycles. The van der Waals surface area contributed by atoms with Gasteiger partial charge in [-0.15, -0.1) is 0 Å². The van der Waals surface area contributed by atoms with Gasteiger partial charge in [0.2, 0.25) is 0 Å². The smallest absolute Gasteiger partial charge is 0.390 e. The fourth-order valence-electron chi connectivity index (χ4n) is 6.42. The van der Waals surface area contributed by atoms with Gasteiger partial charge in [-0.25, -0.2) is 0 Å². The van der Waals surface area contributed by atoms with E-state index in [9.17, 15) is 31.4 Å². The monoisotopic (exact) mass is 587 g/mol. The second kappa shape index (κ2) is 11.8. The molecule has 1 spiro atoms. The Kier molecular flexibility index (Phi) is 8.74. The van der Waals surface area contributed by atoms with Crippen LogP contribution in [0, 0.1) is 5.92 Å². The molecule has 3 fully saturated rings. The molecule has 3 aliphatic heterocycles. The quantitative estimate of drug-likeness (QED) is 0.388. The molecule has 2 unspecified atom stereocenters. The molecule has 226 valence electrons. The summed E-state index contributed by atoms with van der Waals surface area (Å²) in [6.45, 7) is 4.57. The number of ether oxygens (including phenoxy) is 3. The van der Waals surface area contributed by atoms with Crippen LogP contribution in [0.5, 0.6) is 0 Å². The van der Waals surface area contributed by atoms with Crippen LogP contribution in [0.15, 0.2) is 48.5 Å². The first-order chi connectivity index (χ1) is 19.4. The van der Waals surface area contributed by atoms with Crippen molar-refractivity contribution in [2.75, 3.05) is 32.8 Å². The highest BCUT2D eigenvalue weighted by molar-refractivity contribution is 5.35. The van der Waals surface area contributed by atoms with Crippen LogP contribution in [-0.2, 0) is 26.6 Å². The van der Waals surface area contributed by atoms with Crippen molar-refractivity contribution in [3.63, 3.8) is 0 Å². The molecule has 1 N–H and O–H groups in total. The van der Waals surface area contributed by atoms with Crippen LogP contribution >= 0.6 is 0 Å². The second-order valence-electron chi connectivity index (χ2n) is 11.4. The maximum Gasteiger partial charge on any atom is 0.416 e. The third-order valence-electron chi connectivity index (χ3n) is 8.76. The van der Waals surface area contributed by atoms with Gasteiger partial charge < -0.3 is 24.2 Å². The van der Waals surface area contributed by atoms with E-state index in [1.54, 1.807) is 0 Å². The van der Waals surface area contributed by atoms with Crippen LogP contribution in [0.2, 0.25) is 0 Å². The van der Waals surface area contributed by atoms with Crippen LogP contribution in [0.25, 0.3) is 0 Å². The first kappa shape index (κ1) is 30.3. The highest BCUT2D eigenvalue weighted by Gasteiger charge is 2.46. The molecule has 5 rings (SSSR count). The SMILES string of the molecule is C[C@@H](O[C@H]1OCCC(CN2CCC3(CC2)OCCC3O)[C@H]1c1ccccc1)c1cc(C(F)(F)F)cc(C(F)(F)F)c1. The average molecular weight is 588 g/mol. The first-order valence-electron chi connectivity index (χ1n) is 14.0. The normalized spacial score (nSPS) is 28.2. The van der Waals surface area contributed by atoms with E-state index >= 15 is 0 Å². The molecule has 41 heavy (non-hydrogen) atoms. The van der Waals surface area contributed by atoms with Crippen molar-refractivity contribution in [3.8, 4) is 0 Å². The van der Waals surface area contributed by atoms with Crippen molar-refractivity contribution in [1.82, 2.24) is 4.90 Å². The zero-order valence-corrected chi connectivity index (χ0v) is 22.8. The third-order valence-corrected chi connectivity index (χ3v) is 8.76. The second-order valence-corrected chi connectivity index (χ2v) is 11.4. The van der Waals surface area contributed by atoms with Gasteiger partial charge in [0, 0.05) is 25.6 Å². The lowest BCUT2D eigenvalue weighted by atomic mass is 9.80. The van der Waals surface area contributed by atoms with Gasteiger partial charge >= 0.3 is 12.4 Å². The molecule has 0 saturated carbocycles. The van der Waals surface area contributed by atoms with Gasteiger partial charge in [0.1, 0.15) is 0 Å². The zero-order valence-electron chi connectivity index (χ0n) is 22.8. The van der Waals surface area contributed by atoms with Crippen molar-refractivity contribution in [3.05, 3.63) is 70.8 Å². The Balaban J connectivity index is 1.36. The number of likely N-dealkylation sites (tertiary alicyclic amines) is 1. The summed E-state index contributed by atoms with van der Waals surface area (Å²) in [7, 11) is 0. The highest BCUT2D eigenvalue weighted by atomic mass is 19.4. The first-order valence-corrected chi connectivity index (χ1v) is 14.0. The van der Waals surface area contributed by atoms with Gasteiger partial charge in [0.05, 0.1) is 42.1 Å². The van der Waals surface area contributed by atoms with E-state index in [2.05, 4.69) is 4.90 Å². The minimum atomic E-state index is -4.94. The number of hydrogen-bond donors (Lipinski definition) is 1. The predicted octanol–water partition coefficient (Wildman–Crippen LogP) is 6.56. The topological polar surface area (TPSA) is 51.2 Å². The van der Waals surface area contributed by atoms with E-state index in [1.807, 2.05) is 30.3 Å². The lowest BCUT2D eigenvalue weighted by Gasteiger charge is -2.44. The number of rotatable bonds is 6. The van der Waals surface area contributed by atoms with E-state index in [0.29, 0.717) is 38.3 Å². The summed E-state index contributed by atoms with van der Waals surface area (Å²) in [5.41, 5.74) is -2.52. The van der Waals surface area contributed by atoms with Crippen LogP contribution in [-0.4, -0.2) is 60.8 Å². The van der Waals surface area contributed by atoms with Crippen molar-refractivity contribution in [1.29, 1.82) is 0 Å². The summed E-state index contributed by atoms with van der Waals surface area (Å²) in [5.74, 6) is -0.219. The number of benzene rings is 2. The van der Waals surface area contributed by atoms with E-state index < -0.39 is 47.6 Å². The highest BCUT2D eigenvalue weighted by Crippen LogP contribution is 2.43. The summed E-state index contributed by atoms with van der Waals surface area (Å²) in [5, 5.41) is 10.4. The molecule has 3 heterocycles. The van der Waals surface area contributed by atoms with Gasteiger partial charge in [0.25, 0.3) is 0 Å². The summed E-state index contributed by atoms with van der Waals surface area (Å²) in [6.07, 6.45) is -9.50. The molecule has 2 aromatic rings. The molecule has 3 saturated heterocycles. The molecule has 3 aliphatic rings. The van der Waals surface area contributed by atoms with Crippen molar-refractivity contribution >= 4 is 0 Å². The fraction of sp³-hybridized carbons (Fsp3) is 0.600. The number of halogens is 6. The van der Waals surface area contributed by atoms with Crippen LogP contribution in [0.3, 0.4) is 0 Å². The van der Waals surface area contributed by atoms with Crippen molar-refractivity contribution in [2.24, 2.45) is 5.92 Å². The molecule has 2 aromatic carbocycles. The van der Waals surface area contributed by atoms with Gasteiger partial charge in [-0.2, -0.15) is 26.3 Å². The largest absolute Gasteiger partial charge is 0.416 e. The number of alkyl halides is 6. The molecule has 5 atom stereocenters. The zero-order chi connectivity index (χ0) is 29.4. The Morgan fingerprint density at radius 3 is 2.15 bits per heavy atom. The predicted molar refractivity (Wildman–Crippen MR) is 138 cm³/mol. The van der Waals surface area contributed by atoms with E-state index in [-0.39, 0.29) is 23.5 Å². The van der Waals surface area contributed by atoms with Crippen molar-refractivity contribution < 1.29 is 45.7 Å². The Morgan fingerprint density at radius 2 is 1.59 bits per heavy atom. The van der Waals surface area contributed by atoms with Crippen molar-refractivity contribution in [2.45, 2.75) is 75.0 Å². The number of piperidine rings is 1. The standard InChI is InChI=1S/C30H35F6NO4/c1-19(22-15-23(29(31,32)33)17-24(16-22)30(34,35)36)41-27-26(20-5-3-2-4-6-20)21(7-13-39-27)18-37-11-9-28(10-12-37)25(38)8-14-40-28/h2-6,15-17,19,21,25-27,38H,7-14,18H2,1H3/t19-,21?,25?,26-,27-/m1/s1. The molecule has 0 amide bonds. The summed E-state index contributed by atoms with van der Waals surface area (Å²) in [4.78, 5) is 2.33. The summed E-state index contributed by atoms with van der Waals surface area (Å²) in [6, 6.07) is 11.1. The minimum Gasteiger partial charge on any atom is -0.390 e. The number of aliphatic hydroxyl groups is 1. The van der Waals surface area contributed by atoms with Gasteiger partial charge in [-0.1, -0.05) is 30.3 Å². The molecule has 0 radical (unpaired) electrons. The maximum absolute atomic E-state index is 13.5. The molecular weight excluding hydrogens is 552 g/mol. The summed E-state index contributed by atoms with van der Waals surface area (Å²) >= 11 is 0. The molecular formula is C30H35F6NO4. The molecule has 11 heteroatoms. The number of aliphatic hydroxyl groups excluding tert-OH is 1. The number of hydrogen-bond acceptors (Lipinski definition) is 5. The fourth-order valence-corrected chi connectivity index (χ4v) is 6.42. The van der Waals surface area contributed by atoms with Crippen LogP contribution < -0.4 is 0 Å². The van der Waals surface area contributed by atoms with E-state index in [0.717, 1.165) is 37.9 Å². The van der Waals surface area contributed by atoms with Gasteiger partial charge in [-0.3, -0.25) is 0 Å². The molecule has 0 aromatic heterocycles. The Morgan fingerprint density at radius 1 is 0.951 bits per heavy atom. The minimum absolute atomic E-state index is 0.0686. The van der Waals surface area contributed by atoms with E-state index in [1.165, 1.54) is 6.92 Å². The Labute approximate surface area is 235 Å². The molecule has 0 bridgehead atoms. The maximum atomic E-state index is 13.5. The molecule has 5 nitrogen and oxygen atoms in total. The third kappa shape index (κ3) is 6.74. The average Bonchev–Trinajstić information content (AvgIpc) is 3.28. The Hall–Kier alpha value is -2.18. The lowest BCUT2D eigenvalue weighted by Crippen LogP contribution is -2.51. The summed E-state index contributed by atoms with van der Waals surface area (Å²) < 4.78 is 98.9. The van der Waals surface area contributed by atoms with Gasteiger partial charge in [0.15, 0.2) is 6.29 Å². The van der Waals surface area contributed by atoms with Gasteiger partial charge in [-0.05, 0) is 67.9 Å². The van der Waals surface area contributed by atoms with E-state index in [4.69, 9.17) is 14.2 Å². The van der Waals surface area contributed by atoms with Crippen LogP contribution in [0.4, 0.5) is 26.3 Å². The number of nitrogens with zero attached hydrogens (tertiary/aromatic N) is 1. The Bertz CT molecular complexity index is 1130. The lowest BCUT2D eigenvalue weighted by molar-refractivity contribution is -0.211. The van der Waals surface area contributed by atoms with Crippen LogP contribution in [0.1, 0.15) is 66.9 Å².